The molecule has 0 saturated carbocycles. The number of rotatable bonds is 5. The minimum Gasteiger partial charge on any atom is -0.498 e. The molecule has 1 aliphatic rings. The second-order valence-corrected chi connectivity index (χ2v) is 5.48. The van der Waals surface area contributed by atoms with Gasteiger partial charge in [0.05, 0.1) is 18.0 Å². The van der Waals surface area contributed by atoms with Crippen LogP contribution >= 0.6 is 0 Å². The zero-order chi connectivity index (χ0) is 12.2. The van der Waals surface area contributed by atoms with Crippen LogP contribution in [0.1, 0.15) is 53.4 Å². The van der Waals surface area contributed by atoms with Gasteiger partial charge in [-0.05, 0) is 44.6 Å². The predicted octanol–water partition coefficient (Wildman–Crippen LogP) is 3.50. The van der Waals surface area contributed by atoms with Crippen molar-refractivity contribution >= 4 is 0 Å². The van der Waals surface area contributed by atoms with Crippen LogP contribution in [0.15, 0.2) is 11.8 Å². The van der Waals surface area contributed by atoms with E-state index in [-0.39, 0.29) is 0 Å². The van der Waals surface area contributed by atoms with Gasteiger partial charge in [-0.25, -0.2) is 0 Å². The molecule has 2 unspecified atom stereocenters. The summed E-state index contributed by atoms with van der Waals surface area (Å²) in [6, 6.07) is 0. The zero-order valence-electron chi connectivity index (χ0n) is 11.1. The third kappa shape index (κ3) is 3.82. The van der Waals surface area contributed by atoms with Crippen LogP contribution < -0.4 is 0 Å². The third-order valence-electron chi connectivity index (χ3n) is 3.44. The molecule has 0 fully saturated rings. The summed E-state index contributed by atoms with van der Waals surface area (Å²) in [7, 11) is 0. The van der Waals surface area contributed by atoms with Crippen molar-refractivity contribution in [3.8, 4) is 0 Å². The molecule has 0 amide bonds. The molecule has 2 heteroatoms. The summed E-state index contributed by atoms with van der Waals surface area (Å²) in [5.74, 6) is 2.07. The van der Waals surface area contributed by atoms with Crippen molar-refractivity contribution in [3.63, 3.8) is 0 Å². The molecule has 0 aliphatic heterocycles. The molecule has 0 spiro atoms. The first-order valence-corrected chi connectivity index (χ1v) is 6.52. The molecule has 1 N–H and O–H groups in total. The number of allylic oxidation sites excluding steroid dienone is 1. The highest BCUT2D eigenvalue weighted by atomic mass is 16.5. The zero-order valence-corrected chi connectivity index (χ0v) is 11.1. The fraction of sp³-hybridized carbons (Fsp3) is 0.857. The molecule has 0 aromatic heterocycles. The molecule has 2 atom stereocenters. The van der Waals surface area contributed by atoms with Gasteiger partial charge in [-0.2, -0.15) is 0 Å². The van der Waals surface area contributed by atoms with Gasteiger partial charge >= 0.3 is 0 Å². The normalized spacial score (nSPS) is 30.4. The molecule has 0 aromatic carbocycles. The van der Waals surface area contributed by atoms with Crippen molar-refractivity contribution in [3.05, 3.63) is 11.8 Å². The summed E-state index contributed by atoms with van der Waals surface area (Å²) in [6.07, 6.45) is 6.25. The average molecular weight is 226 g/mol. The maximum atomic E-state index is 10.4. The summed E-state index contributed by atoms with van der Waals surface area (Å²) in [5, 5.41) is 10.4. The van der Waals surface area contributed by atoms with Crippen LogP contribution in [0.3, 0.4) is 0 Å². The van der Waals surface area contributed by atoms with E-state index in [0.29, 0.717) is 18.4 Å². The van der Waals surface area contributed by atoms with Crippen molar-refractivity contribution in [2.24, 2.45) is 11.8 Å². The van der Waals surface area contributed by atoms with Crippen LogP contribution in [0.5, 0.6) is 0 Å². The summed E-state index contributed by atoms with van der Waals surface area (Å²) >= 11 is 0. The Balaban J connectivity index is 2.57. The Bertz CT molecular complexity index is 241. The molecule has 0 radical (unpaired) electrons. The summed E-state index contributed by atoms with van der Waals surface area (Å²) in [5.41, 5.74) is -0.683. The van der Waals surface area contributed by atoms with E-state index in [4.69, 9.17) is 4.74 Å². The number of hydrogen-bond donors (Lipinski definition) is 1. The van der Waals surface area contributed by atoms with Gasteiger partial charge in [0, 0.05) is 6.42 Å². The van der Waals surface area contributed by atoms with Gasteiger partial charge in [-0.1, -0.05) is 20.3 Å². The lowest BCUT2D eigenvalue weighted by Gasteiger charge is -2.35. The van der Waals surface area contributed by atoms with E-state index in [1.807, 2.05) is 19.9 Å². The van der Waals surface area contributed by atoms with Gasteiger partial charge in [-0.3, -0.25) is 0 Å². The fourth-order valence-corrected chi connectivity index (χ4v) is 2.39. The quantitative estimate of drug-likeness (QED) is 0.777. The van der Waals surface area contributed by atoms with Crippen molar-refractivity contribution in [1.29, 1.82) is 0 Å². The largest absolute Gasteiger partial charge is 0.498 e. The van der Waals surface area contributed by atoms with Crippen molar-refractivity contribution in [1.82, 2.24) is 0 Å². The average Bonchev–Trinajstić information content (AvgIpc) is 2.15. The van der Waals surface area contributed by atoms with Crippen molar-refractivity contribution < 1.29 is 9.84 Å². The van der Waals surface area contributed by atoms with Gasteiger partial charge in [0.25, 0.3) is 0 Å². The smallest absolute Gasteiger partial charge is 0.0948 e. The molecule has 0 heterocycles. The van der Waals surface area contributed by atoms with Crippen molar-refractivity contribution in [2.75, 3.05) is 6.61 Å². The Labute approximate surface area is 99.7 Å². The fourth-order valence-electron chi connectivity index (χ4n) is 2.39. The highest BCUT2D eigenvalue weighted by molar-refractivity contribution is 5.11. The molecule has 1 rings (SSSR count). The first kappa shape index (κ1) is 13.6. The summed E-state index contributed by atoms with van der Waals surface area (Å²) < 4.78 is 5.49. The van der Waals surface area contributed by atoms with Crippen molar-refractivity contribution in [2.45, 2.75) is 59.0 Å². The lowest BCUT2D eigenvalue weighted by Crippen LogP contribution is -2.36. The standard InChI is InChI=1S/C14H26O2/c1-5-16-13-9-8-12(7-6-11(2)3)14(4,15)10-13/h10-12,15H,5-9H2,1-4H3. The van der Waals surface area contributed by atoms with Gasteiger partial charge in [0.1, 0.15) is 0 Å². The van der Waals surface area contributed by atoms with E-state index in [9.17, 15) is 5.11 Å². The SMILES string of the molecule is CCOC1=CC(C)(O)C(CCC(C)C)CC1. The summed E-state index contributed by atoms with van der Waals surface area (Å²) in [6.45, 7) is 9.06. The lowest BCUT2D eigenvalue weighted by atomic mass is 9.77. The molecule has 94 valence electrons. The van der Waals surface area contributed by atoms with Crippen LogP contribution in [0.25, 0.3) is 0 Å². The Morgan fingerprint density at radius 2 is 2.25 bits per heavy atom. The second-order valence-electron chi connectivity index (χ2n) is 5.48. The van der Waals surface area contributed by atoms with Crippen LogP contribution in [0.4, 0.5) is 0 Å². The molecule has 0 saturated heterocycles. The van der Waals surface area contributed by atoms with E-state index in [2.05, 4.69) is 13.8 Å². The monoisotopic (exact) mass is 226 g/mol. The van der Waals surface area contributed by atoms with Gasteiger partial charge in [-0.15, -0.1) is 0 Å². The maximum absolute atomic E-state index is 10.4. The molecule has 1 aliphatic carbocycles. The van der Waals surface area contributed by atoms with E-state index in [1.54, 1.807) is 0 Å². The Morgan fingerprint density at radius 3 is 2.75 bits per heavy atom. The van der Waals surface area contributed by atoms with Crippen LogP contribution in [-0.2, 0) is 4.74 Å². The molecule has 0 bridgehead atoms. The minimum absolute atomic E-state index is 0.388. The Kier molecular flexibility index (Phi) is 4.85. The Hall–Kier alpha value is -0.500. The first-order valence-electron chi connectivity index (χ1n) is 6.52. The molecular weight excluding hydrogens is 200 g/mol. The highest BCUT2D eigenvalue weighted by Gasteiger charge is 2.33. The molecule has 2 nitrogen and oxygen atoms in total. The van der Waals surface area contributed by atoms with E-state index in [0.717, 1.165) is 25.0 Å². The third-order valence-corrected chi connectivity index (χ3v) is 3.44. The topological polar surface area (TPSA) is 29.5 Å². The highest BCUT2D eigenvalue weighted by Crippen LogP contribution is 2.36. The number of aliphatic hydroxyl groups is 1. The molecular formula is C14H26O2. The van der Waals surface area contributed by atoms with Gasteiger partial charge in [0.15, 0.2) is 0 Å². The molecule has 16 heavy (non-hydrogen) atoms. The maximum Gasteiger partial charge on any atom is 0.0948 e. The van der Waals surface area contributed by atoms with Crippen LogP contribution in [0.2, 0.25) is 0 Å². The van der Waals surface area contributed by atoms with E-state index >= 15 is 0 Å². The van der Waals surface area contributed by atoms with Gasteiger partial charge < -0.3 is 9.84 Å². The Morgan fingerprint density at radius 1 is 1.56 bits per heavy atom. The summed E-state index contributed by atoms with van der Waals surface area (Å²) in [4.78, 5) is 0. The van der Waals surface area contributed by atoms with E-state index < -0.39 is 5.60 Å². The van der Waals surface area contributed by atoms with Crippen LogP contribution in [-0.4, -0.2) is 17.3 Å². The second kappa shape index (κ2) is 5.72. The first-order chi connectivity index (χ1) is 7.45. The minimum atomic E-state index is -0.683. The number of hydrogen-bond acceptors (Lipinski definition) is 2. The van der Waals surface area contributed by atoms with Gasteiger partial charge in [0.2, 0.25) is 0 Å². The van der Waals surface area contributed by atoms with Crippen LogP contribution in [0, 0.1) is 11.8 Å². The van der Waals surface area contributed by atoms with E-state index in [1.165, 1.54) is 6.42 Å². The molecule has 0 aromatic rings. The lowest BCUT2D eigenvalue weighted by molar-refractivity contribution is 0.0171. The predicted molar refractivity (Wildman–Crippen MR) is 67.1 cm³/mol. The number of ether oxygens (including phenoxy) is 1.